The average Bonchev–Trinajstić information content (AvgIpc) is 2.74. The topological polar surface area (TPSA) is 40.0 Å². The lowest BCUT2D eigenvalue weighted by molar-refractivity contribution is 0.412. The SMILES string of the molecule is COc1ccc(O/C=C(C)/C(=N/c2ccc(C)cc2)Oc2ccccc2)cc1. The van der Waals surface area contributed by atoms with Crippen LogP contribution in [0.3, 0.4) is 0 Å². The van der Waals surface area contributed by atoms with Crippen molar-refractivity contribution in [2.75, 3.05) is 7.11 Å². The van der Waals surface area contributed by atoms with Crippen molar-refractivity contribution < 1.29 is 14.2 Å². The molecule has 3 rings (SSSR count). The van der Waals surface area contributed by atoms with Crippen LogP contribution in [0.1, 0.15) is 12.5 Å². The van der Waals surface area contributed by atoms with E-state index in [1.54, 1.807) is 13.4 Å². The molecular weight excluding hydrogens is 350 g/mol. The van der Waals surface area contributed by atoms with E-state index in [0.29, 0.717) is 17.4 Å². The number of benzene rings is 3. The van der Waals surface area contributed by atoms with E-state index in [1.807, 2.05) is 92.7 Å². The number of aryl methyl sites for hydroxylation is 1. The summed E-state index contributed by atoms with van der Waals surface area (Å²) < 4.78 is 16.9. The van der Waals surface area contributed by atoms with Crippen molar-refractivity contribution in [1.82, 2.24) is 0 Å². The van der Waals surface area contributed by atoms with Gasteiger partial charge in [0.1, 0.15) is 17.2 Å². The second-order valence-electron chi connectivity index (χ2n) is 6.26. The second kappa shape index (κ2) is 9.42. The van der Waals surface area contributed by atoms with Crippen molar-refractivity contribution >= 4 is 11.6 Å². The van der Waals surface area contributed by atoms with Gasteiger partial charge in [-0.25, -0.2) is 4.99 Å². The first kappa shape index (κ1) is 19.2. The highest BCUT2D eigenvalue weighted by molar-refractivity contribution is 5.96. The fraction of sp³-hybridized carbons (Fsp3) is 0.125. The summed E-state index contributed by atoms with van der Waals surface area (Å²) in [6, 6.07) is 24.9. The number of hydrogen-bond acceptors (Lipinski definition) is 4. The van der Waals surface area contributed by atoms with Gasteiger partial charge >= 0.3 is 0 Å². The number of rotatable bonds is 6. The Morgan fingerprint density at radius 1 is 0.786 bits per heavy atom. The van der Waals surface area contributed by atoms with Crippen molar-refractivity contribution in [3.8, 4) is 17.2 Å². The Kier molecular flexibility index (Phi) is 6.47. The molecule has 4 heteroatoms. The Balaban J connectivity index is 1.84. The number of methoxy groups -OCH3 is 1. The minimum atomic E-state index is 0.476. The van der Waals surface area contributed by atoms with Crippen molar-refractivity contribution in [2.24, 2.45) is 4.99 Å². The molecule has 0 fully saturated rings. The van der Waals surface area contributed by atoms with Crippen LogP contribution in [0.4, 0.5) is 5.69 Å². The Labute approximate surface area is 165 Å². The molecule has 0 saturated heterocycles. The van der Waals surface area contributed by atoms with Crippen molar-refractivity contribution in [3.63, 3.8) is 0 Å². The predicted molar refractivity (Wildman–Crippen MR) is 113 cm³/mol. The Hall–Kier alpha value is -3.53. The number of ether oxygens (including phenoxy) is 3. The van der Waals surface area contributed by atoms with Gasteiger partial charge in [0.15, 0.2) is 0 Å². The van der Waals surface area contributed by atoms with Crippen molar-refractivity contribution in [3.05, 3.63) is 96.3 Å². The maximum absolute atomic E-state index is 6.02. The van der Waals surface area contributed by atoms with E-state index in [0.717, 1.165) is 17.0 Å². The first-order valence-electron chi connectivity index (χ1n) is 9.00. The van der Waals surface area contributed by atoms with Crippen LogP contribution < -0.4 is 14.2 Å². The fourth-order valence-electron chi connectivity index (χ4n) is 2.39. The van der Waals surface area contributed by atoms with E-state index in [-0.39, 0.29) is 0 Å². The lowest BCUT2D eigenvalue weighted by Crippen LogP contribution is -2.10. The Bertz CT molecular complexity index is 943. The summed E-state index contributed by atoms with van der Waals surface area (Å²) in [7, 11) is 1.63. The number of aliphatic imine (C=N–C) groups is 1. The highest BCUT2D eigenvalue weighted by Gasteiger charge is 2.08. The van der Waals surface area contributed by atoms with E-state index in [2.05, 4.69) is 4.99 Å². The third-order valence-corrected chi connectivity index (χ3v) is 3.99. The standard InChI is InChI=1S/C24H23NO3/c1-18-9-11-20(12-10-18)25-24(28-23-7-5-4-6-8-23)19(2)17-27-22-15-13-21(26-3)14-16-22/h4-17H,1-3H3/b19-17+,25-24-. The largest absolute Gasteiger partial charge is 0.497 e. The van der Waals surface area contributed by atoms with Crippen LogP contribution in [0, 0.1) is 6.92 Å². The molecule has 3 aromatic carbocycles. The molecule has 4 nitrogen and oxygen atoms in total. The third kappa shape index (κ3) is 5.48. The maximum Gasteiger partial charge on any atom is 0.225 e. The van der Waals surface area contributed by atoms with Crippen LogP contribution in [-0.4, -0.2) is 13.0 Å². The molecule has 0 aromatic heterocycles. The fourth-order valence-corrected chi connectivity index (χ4v) is 2.39. The van der Waals surface area contributed by atoms with Gasteiger partial charge in [-0.1, -0.05) is 35.9 Å². The third-order valence-electron chi connectivity index (χ3n) is 3.99. The summed E-state index contributed by atoms with van der Waals surface area (Å²) in [5, 5.41) is 0. The van der Waals surface area contributed by atoms with Gasteiger partial charge in [-0.05, 0) is 62.4 Å². The van der Waals surface area contributed by atoms with Gasteiger partial charge in [0.25, 0.3) is 0 Å². The second-order valence-corrected chi connectivity index (χ2v) is 6.26. The molecule has 0 unspecified atom stereocenters. The van der Waals surface area contributed by atoms with E-state index >= 15 is 0 Å². The Morgan fingerprint density at radius 3 is 2.07 bits per heavy atom. The molecular formula is C24H23NO3. The van der Waals surface area contributed by atoms with Crippen LogP contribution in [0.15, 0.2) is 95.7 Å². The zero-order valence-corrected chi connectivity index (χ0v) is 16.3. The van der Waals surface area contributed by atoms with Crippen LogP contribution in [0.25, 0.3) is 0 Å². The van der Waals surface area contributed by atoms with Gasteiger partial charge in [-0.2, -0.15) is 0 Å². The number of para-hydroxylation sites is 1. The average molecular weight is 373 g/mol. The first-order valence-corrected chi connectivity index (χ1v) is 9.00. The summed E-state index contributed by atoms with van der Waals surface area (Å²) >= 11 is 0. The van der Waals surface area contributed by atoms with Gasteiger partial charge in [-0.15, -0.1) is 0 Å². The summed E-state index contributed by atoms with van der Waals surface area (Å²) in [5.74, 6) is 2.67. The van der Waals surface area contributed by atoms with Crippen LogP contribution >= 0.6 is 0 Å². The molecule has 0 atom stereocenters. The smallest absolute Gasteiger partial charge is 0.225 e. The first-order chi connectivity index (χ1) is 13.6. The van der Waals surface area contributed by atoms with Gasteiger partial charge in [0.2, 0.25) is 5.90 Å². The minimum absolute atomic E-state index is 0.476. The molecule has 0 spiro atoms. The molecule has 0 saturated carbocycles. The van der Waals surface area contributed by atoms with Gasteiger partial charge in [-0.3, -0.25) is 0 Å². The molecule has 0 radical (unpaired) electrons. The van der Waals surface area contributed by atoms with Crippen molar-refractivity contribution in [2.45, 2.75) is 13.8 Å². The normalized spacial score (nSPS) is 11.8. The molecule has 0 aliphatic carbocycles. The molecule has 0 heterocycles. The van der Waals surface area contributed by atoms with Gasteiger partial charge < -0.3 is 14.2 Å². The molecule has 0 bridgehead atoms. The summed E-state index contributed by atoms with van der Waals surface area (Å²) in [6.45, 7) is 3.95. The molecule has 0 aliphatic rings. The molecule has 28 heavy (non-hydrogen) atoms. The zero-order chi connectivity index (χ0) is 19.8. The molecule has 0 N–H and O–H groups in total. The van der Waals surface area contributed by atoms with E-state index in [1.165, 1.54) is 5.56 Å². The molecule has 142 valence electrons. The highest BCUT2D eigenvalue weighted by atomic mass is 16.5. The van der Waals surface area contributed by atoms with E-state index in [4.69, 9.17) is 14.2 Å². The monoisotopic (exact) mass is 373 g/mol. The molecule has 0 aliphatic heterocycles. The highest BCUT2D eigenvalue weighted by Crippen LogP contribution is 2.20. The van der Waals surface area contributed by atoms with Crippen LogP contribution in [-0.2, 0) is 0 Å². The van der Waals surface area contributed by atoms with Crippen molar-refractivity contribution in [1.29, 1.82) is 0 Å². The van der Waals surface area contributed by atoms with Crippen LogP contribution in [0.5, 0.6) is 17.2 Å². The number of hydrogen-bond donors (Lipinski definition) is 0. The Morgan fingerprint density at radius 2 is 1.43 bits per heavy atom. The summed E-state index contributed by atoms with van der Waals surface area (Å²) in [4.78, 5) is 4.66. The lowest BCUT2D eigenvalue weighted by atomic mass is 10.2. The molecule has 0 amide bonds. The zero-order valence-electron chi connectivity index (χ0n) is 16.3. The summed E-state index contributed by atoms with van der Waals surface area (Å²) in [6.07, 6.45) is 1.64. The molecule has 3 aromatic rings. The predicted octanol–water partition coefficient (Wildman–Crippen LogP) is 6.10. The van der Waals surface area contributed by atoms with Gasteiger partial charge in [0.05, 0.1) is 19.1 Å². The summed E-state index contributed by atoms with van der Waals surface area (Å²) in [5.41, 5.74) is 2.76. The van der Waals surface area contributed by atoms with Crippen LogP contribution in [0.2, 0.25) is 0 Å². The lowest BCUT2D eigenvalue weighted by Gasteiger charge is -2.10. The van der Waals surface area contributed by atoms with E-state index < -0.39 is 0 Å². The minimum Gasteiger partial charge on any atom is -0.497 e. The number of nitrogens with zero attached hydrogens (tertiary/aromatic N) is 1. The quantitative estimate of drug-likeness (QED) is 0.298. The van der Waals surface area contributed by atoms with Gasteiger partial charge in [0, 0.05) is 5.57 Å². The maximum atomic E-state index is 6.02. The van der Waals surface area contributed by atoms with E-state index in [9.17, 15) is 0 Å².